The molecule has 5 heteroatoms. The third-order valence-corrected chi connectivity index (χ3v) is 8.02. The van der Waals surface area contributed by atoms with Gasteiger partial charge in [0, 0.05) is 10.1 Å². The molecule has 0 unspecified atom stereocenters. The molecule has 0 atom stereocenters. The largest absolute Gasteiger partial charge is 0.506 e. The fourth-order valence-electron chi connectivity index (χ4n) is 4.44. The zero-order chi connectivity index (χ0) is 30.8. The van der Waals surface area contributed by atoms with Crippen LogP contribution in [0.4, 0.5) is 4.39 Å². The van der Waals surface area contributed by atoms with Gasteiger partial charge in [-0.2, -0.15) is 0 Å². The Morgan fingerprint density at radius 3 is 2.05 bits per heavy atom. The molecule has 1 aliphatic carbocycles. The second kappa shape index (κ2) is 19.8. The predicted octanol–water partition coefficient (Wildman–Crippen LogP) is 10.9. The molecule has 41 heavy (non-hydrogen) atoms. The number of aryl methyl sites for hydroxylation is 1. The first-order chi connectivity index (χ1) is 19.8. The Bertz CT molecular complexity index is 1290. The first kappa shape index (κ1) is 35.9. The SMILES string of the molecule is C=C(C)c1sc2ccccc2c1O.CC.CC1CCCCC1.CCc1cc(-c2ccc(OC)cc2)ccc1F.CN. The molecule has 0 spiro atoms. The Labute approximate surface area is 251 Å². The van der Waals surface area contributed by atoms with Crippen molar-refractivity contribution in [2.24, 2.45) is 11.7 Å². The van der Waals surface area contributed by atoms with Crippen LogP contribution in [0.5, 0.6) is 11.5 Å². The van der Waals surface area contributed by atoms with Gasteiger partial charge in [-0.1, -0.05) is 96.7 Å². The van der Waals surface area contributed by atoms with Crippen LogP contribution in [-0.2, 0) is 6.42 Å². The number of nitrogens with two attached hydrogens (primary N) is 1. The fourth-order valence-corrected chi connectivity index (χ4v) is 5.46. The highest BCUT2D eigenvalue weighted by atomic mass is 32.1. The molecule has 3 nitrogen and oxygen atoms in total. The number of benzene rings is 3. The van der Waals surface area contributed by atoms with E-state index in [0.717, 1.165) is 48.9 Å². The number of aromatic hydroxyl groups is 1. The molecule has 0 bridgehead atoms. The smallest absolute Gasteiger partial charge is 0.141 e. The average Bonchev–Trinajstić information content (AvgIpc) is 3.37. The summed E-state index contributed by atoms with van der Waals surface area (Å²) in [6, 6.07) is 20.8. The molecule has 5 rings (SSSR count). The second-order valence-electron chi connectivity index (χ2n) is 9.69. The number of halogens is 1. The third-order valence-electron chi connectivity index (χ3n) is 6.70. The van der Waals surface area contributed by atoms with Crippen molar-refractivity contribution >= 4 is 27.0 Å². The minimum atomic E-state index is -0.134. The van der Waals surface area contributed by atoms with E-state index < -0.39 is 0 Å². The molecule has 3 N–H and O–H groups in total. The van der Waals surface area contributed by atoms with E-state index in [9.17, 15) is 9.50 Å². The Kier molecular flexibility index (Phi) is 17.4. The van der Waals surface area contributed by atoms with Crippen molar-refractivity contribution < 1.29 is 14.2 Å². The first-order valence-electron chi connectivity index (χ1n) is 14.7. The molecular formula is C36H50FNO2S. The Balaban J connectivity index is 0.000000309. The number of hydrogen-bond donors (Lipinski definition) is 2. The van der Waals surface area contributed by atoms with Gasteiger partial charge in [0.2, 0.25) is 0 Å². The molecule has 224 valence electrons. The van der Waals surface area contributed by atoms with Gasteiger partial charge in [-0.05, 0) is 85.0 Å². The van der Waals surface area contributed by atoms with Crippen molar-refractivity contribution in [2.75, 3.05) is 14.2 Å². The Morgan fingerprint density at radius 1 is 0.976 bits per heavy atom. The number of hydrogen-bond acceptors (Lipinski definition) is 4. The summed E-state index contributed by atoms with van der Waals surface area (Å²) in [6.45, 7) is 14.1. The highest BCUT2D eigenvalue weighted by molar-refractivity contribution is 7.20. The molecule has 0 aliphatic heterocycles. The van der Waals surface area contributed by atoms with Crippen LogP contribution >= 0.6 is 11.3 Å². The summed E-state index contributed by atoms with van der Waals surface area (Å²) >= 11 is 1.58. The van der Waals surface area contributed by atoms with E-state index >= 15 is 0 Å². The lowest BCUT2D eigenvalue weighted by Gasteiger charge is -2.15. The van der Waals surface area contributed by atoms with Crippen LogP contribution in [0.3, 0.4) is 0 Å². The number of fused-ring (bicyclic) bond motifs is 1. The van der Waals surface area contributed by atoms with Crippen molar-refractivity contribution in [1.29, 1.82) is 0 Å². The molecule has 1 aliphatic rings. The number of ether oxygens (including phenoxy) is 1. The monoisotopic (exact) mass is 579 g/mol. The number of thiophene rings is 1. The molecule has 0 saturated heterocycles. The van der Waals surface area contributed by atoms with Crippen molar-refractivity contribution in [1.82, 2.24) is 0 Å². The average molecular weight is 580 g/mol. The molecule has 0 radical (unpaired) electrons. The van der Waals surface area contributed by atoms with Crippen molar-refractivity contribution in [3.05, 3.63) is 89.6 Å². The van der Waals surface area contributed by atoms with Gasteiger partial charge in [0.25, 0.3) is 0 Å². The normalized spacial score (nSPS) is 12.2. The summed E-state index contributed by atoms with van der Waals surface area (Å²) in [6.07, 6.45) is 8.14. The van der Waals surface area contributed by atoms with E-state index in [-0.39, 0.29) is 5.82 Å². The maximum absolute atomic E-state index is 13.4. The van der Waals surface area contributed by atoms with Gasteiger partial charge >= 0.3 is 0 Å². The number of allylic oxidation sites excluding steroid dienone is 1. The van der Waals surface area contributed by atoms with Gasteiger partial charge < -0.3 is 15.6 Å². The standard InChI is InChI=1S/C15H15FO.C11H10OS.C7H14.C2H6.CH5N/c1-3-11-10-13(6-9-15(11)16)12-4-7-14(17-2)8-5-12;1-7(2)11-10(12)8-5-3-4-6-9(8)13-11;1-7-5-3-2-4-6-7;2*1-2/h4-10H,3H2,1-2H3;3-6,12H,1H2,2H3;7H,2-6H2,1H3;1-2H3;2H2,1H3. The summed E-state index contributed by atoms with van der Waals surface area (Å²) in [5, 5.41) is 10.7. The number of rotatable bonds is 4. The van der Waals surface area contributed by atoms with E-state index in [2.05, 4.69) is 19.2 Å². The van der Waals surface area contributed by atoms with Crippen LogP contribution in [0.1, 0.15) is 77.2 Å². The van der Waals surface area contributed by atoms with Gasteiger partial charge in [0.05, 0.1) is 12.0 Å². The highest BCUT2D eigenvalue weighted by Gasteiger charge is 2.10. The minimum absolute atomic E-state index is 0.134. The lowest BCUT2D eigenvalue weighted by molar-refractivity contribution is 0.385. The van der Waals surface area contributed by atoms with Crippen LogP contribution in [0.25, 0.3) is 26.8 Å². The summed E-state index contributed by atoms with van der Waals surface area (Å²) in [7, 11) is 3.14. The van der Waals surface area contributed by atoms with Gasteiger partial charge in [0.1, 0.15) is 17.3 Å². The third kappa shape index (κ3) is 11.3. The lowest BCUT2D eigenvalue weighted by Crippen LogP contribution is -1.99. The van der Waals surface area contributed by atoms with Crippen molar-refractivity contribution in [3.63, 3.8) is 0 Å². The number of methoxy groups -OCH3 is 1. The molecule has 1 fully saturated rings. The first-order valence-corrected chi connectivity index (χ1v) is 15.5. The molecular weight excluding hydrogens is 529 g/mol. The highest BCUT2D eigenvalue weighted by Crippen LogP contribution is 2.39. The molecule has 1 saturated carbocycles. The Hall–Kier alpha value is -3.15. The molecule has 0 amide bonds. The summed E-state index contributed by atoms with van der Waals surface area (Å²) < 4.78 is 19.6. The quantitative estimate of drug-likeness (QED) is 0.253. The molecule has 4 aromatic rings. The maximum atomic E-state index is 13.4. The molecule has 3 aromatic carbocycles. The zero-order valence-electron chi connectivity index (χ0n) is 26.1. The van der Waals surface area contributed by atoms with Gasteiger partial charge in [0.15, 0.2) is 0 Å². The fraction of sp³-hybridized carbons (Fsp3) is 0.389. The lowest BCUT2D eigenvalue weighted by atomic mass is 9.91. The zero-order valence-corrected chi connectivity index (χ0v) is 26.9. The van der Waals surface area contributed by atoms with Gasteiger partial charge in [-0.15, -0.1) is 11.3 Å². The van der Waals surface area contributed by atoms with Crippen molar-refractivity contribution in [3.8, 4) is 22.6 Å². The molecule has 1 aromatic heterocycles. The van der Waals surface area contributed by atoms with Crippen LogP contribution in [0.15, 0.2) is 73.3 Å². The second-order valence-corrected chi connectivity index (χ2v) is 10.7. The van der Waals surface area contributed by atoms with Crippen LogP contribution in [-0.4, -0.2) is 19.3 Å². The van der Waals surface area contributed by atoms with Crippen LogP contribution in [0, 0.1) is 11.7 Å². The van der Waals surface area contributed by atoms with Gasteiger partial charge in [-0.25, -0.2) is 4.39 Å². The predicted molar refractivity (Wildman–Crippen MR) is 180 cm³/mol. The summed E-state index contributed by atoms with van der Waals surface area (Å²) in [5.74, 6) is 2.10. The molecule has 1 heterocycles. The van der Waals surface area contributed by atoms with E-state index in [1.807, 2.05) is 82.3 Å². The minimum Gasteiger partial charge on any atom is -0.506 e. The van der Waals surface area contributed by atoms with Crippen molar-refractivity contribution in [2.45, 2.75) is 73.1 Å². The van der Waals surface area contributed by atoms with Gasteiger partial charge in [-0.3, -0.25) is 0 Å². The van der Waals surface area contributed by atoms with E-state index in [4.69, 9.17) is 4.74 Å². The maximum Gasteiger partial charge on any atom is 0.141 e. The summed E-state index contributed by atoms with van der Waals surface area (Å²) in [4.78, 5) is 0.890. The van der Waals surface area contributed by atoms with Crippen LogP contribution in [0.2, 0.25) is 0 Å². The topological polar surface area (TPSA) is 55.5 Å². The Morgan fingerprint density at radius 2 is 1.56 bits per heavy atom. The summed E-state index contributed by atoms with van der Waals surface area (Å²) in [5.41, 5.74) is 8.27. The van der Waals surface area contributed by atoms with E-state index in [1.165, 1.54) is 45.2 Å². The van der Waals surface area contributed by atoms with Crippen LogP contribution < -0.4 is 10.5 Å². The van der Waals surface area contributed by atoms with E-state index in [1.54, 1.807) is 24.5 Å². The van der Waals surface area contributed by atoms with E-state index in [0.29, 0.717) is 12.2 Å².